The number of carbonyl (C=O) groups is 2. The third-order valence-electron chi connectivity index (χ3n) is 5.07. The summed E-state index contributed by atoms with van der Waals surface area (Å²) in [6.07, 6.45) is 5.85. The van der Waals surface area contributed by atoms with Crippen LogP contribution in [0.5, 0.6) is 0 Å². The number of amides is 1. The maximum atomic E-state index is 11.4. The zero-order valence-electron chi connectivity index (χ0n) is 14.4. The molecule has 1 amide bonds. The molecule has 136 valence electrons. The van der Waals surface area contributed by atoms with Crippen LogP contribution in [0.4, 0.5) is 5.82 Å². The van der Waals surface area contributed by atoms with Crippen molar-refractivity contribution >= 4 is 17.7 Å². The Labute approximate surface area is 151 Å². The van der Waals surface area contributed by atoms with E-state index in [0.29, 0.717) is 17.5 Å². The second kappa shape index (κ2) is 7.51. The number of H-pyrrole nitrogens is 1. The van der Waals surface area contributed by atoms with Gasteiger partial charge in [-0.05, 0) is 43.1 Å². The summed E-state index contributed by atoms with van der Waals surface area (Å²) in [6, 6.07) is 8.07. The number of nitrogens with zero attached hydrogens (tertiary/aromatic N) is 1. The van der Waals surface area contributed by atoms with Crippen molar-refractivity contribution in [3.8, 4) is 11.3 Å². The fraction of sp³-hybridized carbons (Fsp3) is 0.368. The molecule has 1 fully saturated rings. The third-order valence-corrected chi connectivity index (χ3v) is 5.07. The number of anilines is 1. The van der Waals surface area contributed by atoms with E-state index in [9.17, 15) is 9.59 Å². The van der Waals surface area contributed by atoms with Crippen molar-refractivity contribution in [2.24, 2.45) is 11.7 Å². The molecule has 1 aliphatic carbocycles. The third kappa shape index (κ3) is 3.99. The normalized spacial score (nSPS) is 19.8. The summed E-state index contributed by atoms with van der Waals surface area (Å²) in [5.74, 6) is -0.474. The van der Waals surface area contributed by atoms with Crippen molar-refractivity contribution in [2.45, 2.75) is 38.0 Å². The molecule has 7 nitrogen and oxygen atoms in total. The van der Waals surface area contributed by atoms with Gasteiger partial charge in [-0.15, -0.1) is 0 Å². The minimum absolute atomic E-state index is 0.0309. The summed E-state index contributed by atoms with van der Waals surface area (Å²) in [5, 5.41) is 8.91. The number of nitrogens with two attached hydrogens (primary N) is 2. The van der Waals surface area contributed by atoms with Gasteiger partial charge in [-0.2, -0.15) is 0 Å². The smallest absolute Gasteiger partial charge is 0.303 e. The first kappa shape index (κ1) is 17.8. The van der Waals surface area contributed by atoms with Crippen LogP contribution in [0, 0.1) is 5.92 Å². The molecular formula is C19H23N4O3+. The Bertz CT molecular complexity index is 812. The van der Waals surface area contributed by atoms with Gasteiger partial charge in [0.05, 0.1) is 0 Å². The molecule has 1 saturated carbocycles. The summed E-state index contributed by atoms with van der Waals surface area (Å²) >= 11 is 0. The Morgan fingerprint density at radius 1 is 1.15 bits per heavy atom. The van der Waals surface area contributed by atoms with Crippen LogP contribution in [0.15, 0.2) is 30.5 Å². The molecule has 0 spiro atoms. The average Bonchev–Trinajstić information content (AvgIpc) is 2.62. The van der Waals surface area contributed by atoms with Gasteiger partial charge in [0.15, 0.2) is 0 Å². The molecular weight excluding hydrogens is 332 g/mol. The van der Waals surface area contributed by atoms with E-state index in [4.69, 9.17) is 16.6 Å². The van der Waals surface area contributed by atoms with Crippen molar-refractivity contribution in [3.05, 3.63) is 41.7 Å². The molecule has 2 aromatic rings. The van der Waals surface area contributed by atoms with Crippen LogP contribution in [-0.2, 0) is 4.79 Å². The van der Waals surface area contributed by atoms with Crippen molar-refractivity contribution in [3.63, 3.8) is 0 Å². The molecule has 7 heteroatoms. The predicted octanol–water partition coefficient (Wildman–Crippen LogP) is 1.99. The first-order valence-electron chi connectivity index (χ1n) is 8.74. The van der Waals surface area contributed by atoms with Crippen LogP contribution < -0.4 is 16.5 Å². The van der Waals surface area contributed by atoms with Crippen LogP contribution in [0.25, 0.3) is 11.3 Å². The number of carboxylic acid groups (broad SMARTS) is 1. The summed E-state index contributed by atoms with van der Waals surface area (Å²) in [4.78, 5) is 29.3. The van der Waals surface area contributed by atoms with Gasteiger partial charge in [-0.3, -0.25) is 15.3 Å². The molecule has 1 aromatic heterocycles. The molecule has 0 atom stereocenters. The summed E-state index contributed by atoms with van der Waals surface area (Å²) < 4.78 is 0. The van der Waals surface area contributed by atoms with Crippen molar-refractivity contribution in [1.82, 2.24) is 4.98 Å². The summed E-state index contributed by atoms with van der Waals surface area (Å²) in [5.41, 5.74) is 13.7. The number of carboxylic acids is 1. The van der Waals surface area contributed by atoms with E-state index in [2.05, 4.69) is 22.1 Å². The van der Waals surface area contributed by atoms with E-state index in [1.807, 2.05) is 12.1 Å². The van der Waals surface area contributed by atoms with Gasteiger partial charge in [0.2, 0.25) is 5.69 Å². The zero-order valence-corrected chi connectivity index (χ0v) is 14.4. The minimum Gasteiger partial charge on any atom is -0.481 e. The van der Waals surface area contributed by atoms with Gasteiger partial charge in [-0.1, -0.05) is 24.3 Å². The minimum atomic E-state index is -0.707. The van der Waals surface area contributed by atoms with Crippen molar-refractivity contribution in [2.75, 3.05) is 5.73 Å². The number of primary amides is 1. The van der Waals surface area contributed by atoms with E-state index >= 15 is 0 Å². The number of benzene rings is 1. The number of carbonyl (C=O) groups excluding carboxylic acids is 1. The standard InChI is InChI=1S/C19H22N4O3/c20-18-17(19(21)26)23-15(10-22-18)14-7-5-13(6-8-14)12-3-1-11(2-4-12)9-16(24)25/h5-8,10-12H,1-4,9H2,(H2,20,22)(H2,21,26)(H,24,25)/p+1. The Balaban J connectivity index is 1.71. The maximum Gasteiger partial charge on any atom is 0.303 e. The largest absolute Gasteiger partial charge is 0.481 e. The first-order valence-corrected chi connectivity index (χ1v) is 8.74. The number of hydrogen-bond donors (Lipinski definition) is 3. The van der Waals surface area contributed by atoms with E-state index < -0.39 is 11.9 Å². The highest BCUT2D eigenvalue weighted by molar-refractivity contribution is 5.94. The molecule has 1 aromatic carbocycles. The first-order chi connectivity index (χ1) is 12.4. The topological polar surface area (TPSA) is 133 Å². The Morgan fingerprint density at radius 3 is 2.38 bits per heavy atom. The Morgan fingerprint density at radius 2 is 1.81 bits per heavy atom. The van der Waals surface area contributed by atoms with Crippen LogP contribution in [0.3, 0.4) is 0 Å². The number of aromatic nitrogens is 2. The Hall–Kier alpha value is -2.96. The number of aliphatic carboxylic acids is 1. The van der Waals surface area contributed by atoms with E-state index in [-0.39, 0.29) is 17.9 Å². The summed E-state index contributed by atoms with van der Waals surface area (Å²) in [6.45, 7) is 0. The quantitative estimate of drug-likeness (QED) is 0.754. The fourth-order valence-corrected chi connectivity index (χ4v) is 3.64. The highest BCUT2D eigenvalue weighted by Gasteiger charge is 2.24. The van der Waals surface area contributed by atoms with Gasteiger partial charge >= 0.3 is 11.8 Å². The van der Waals surface area contributed by atoms with E-state index in [1.165, 1.54) is 5.56 Å². The number of hydrogen-bond acceptors (Lipinski definition) is 4. The van der Waals surface area contributed by atoms with Crippen LogP contribution in [0.2, 0.25) is 0 Å². The van der Waals surface area contributed by atoms with Gasteiger partial charge in [0, 0.05) is 12.0 Å². The Kier molecular flexibility index (Phi) is 5.16. The molecule has 6 N–H and O–H groups in total. The monoisotopic (exact) mass is 355 g/mol. The summed E-state index contributed by atoms with van der Waals surface area (Å²) in [7, 11) is 0. The molecule has 0 radical (unpaired) electrons. The maximum absolute atomic E-state index is 11.4. The predicted molar refractivity (Wildman–Crippen MR) is 96.1 cm³/mol. The molecule has 0 saturated heterocycles. The van der Waals surface area contributed by atoms with Gasteiger partial charge in [-0.25, -0.2) is 9.97 Å². The van der Waals surface area contributed by atoms with Crippen LogP contribution in [-0.4, -0.2) is 22.0 Å². The number of nitrogen functional groups attached to an aromatic ring is 1. The lowest BCUT2D eigenvalue weighted by molar-refractivity contribution is -0.360. The molecule has 3 rings (SSSR count). The lowest BCUT2D eigenvalue weighted by Gasteiger charge is -2.28. The zero-order chi connectivity index (χ0) is 18.7. The van der Waals surface area contributed by atoms with Gasteiger partial charge < -0.3 is 10.8 Å². The number of rotatable bonds is 5. The van der Waals surface area contributed by atoms with Gasteiger partial charge in [0.1, 0.15) is 11.9 Å². The number of nitrogens with one attached hydrogen (secondary N) is 1. The van der Waals surface area contributed by atoms with Crippen molar-refractivity contribution < 1.29 is 19.7 Å². The lowest BCUT2D eigenvalue weighted by atomic mass is 9.77. The average molecular weight is 355 g/mol. The molecule has 1 heterocycles. The van der Waals surface area contributed by atoms with Crippen LogP contribution >= 0.6 is 0 Å². The van der Waals surface area contributed by atoms with E-state index in [0.717, 1.165) is 31.2 Å². The molecule has 1 aliphatic rings. The molecule has 0 bridgehead atoms. The van der Waals surface area contributed by atoms with Crippen molar-refractivity contribution in [1.29, 1.82) is 0 Å². The van der Waals surface area contributed by atoms with Crippen LogP contribution in [0.1, 0.15) is 54.1 Å². The van der Waals surface area contributed by atoms with E-state index in [1.54, 1.807) is 6.20 Å². The van der Waals surface area contributed by atoms with Gasteiger partial charge in [0.25, 0.3) is 5.91 Å². The lowest BCUT2D eigenvalue weighted by Crippen LogP contribution is -2.23. The molecule has 26 heavy (non-hydrogen) atoms. The highest BCUT2D eigenvalue weighted by Crippen LogP contribution is 2.37. The molecule has 0 unspecified atom stereocenters. The molecule has 0 aliphatic heterocycles. The SMILES string of the molecule is NC(=O)c1nc(-c2ccc(C3CCC(CC(=O)O)CC3)cc2)c[nH+]c1N. The second-order valence-electron chi connectivity index (χ2n) is 6.85. The number of aromatic amines is 1. The highest BCUT2D eigenvalue weighted by atomic mass is 16.4. The fourth-order valence-electron chi connectivity index (χ4n) is 3.64. The second-order valence-corrected chi connectivity index (χ2v) is 6.85.